The highest BCUT2D eigenvalue weighted by atomic mass is 16.4. The van der Waals surface area contributed by atoms with E-state index in [1.54, 1.807) is 42.8 Å². The van der Waals surface area contributed by atoms with Crippen LogP contribution in [0, 0.1) is 13.8 Å². The molecule has 0 amide bonds. The van der Waals surface area contributed by atoms with Crippen LogP contribution < -0.4 is 0 Å². The Morgan fingerprint density at radius 2 is 1.74 bits per heavy atom. The van der Waals surface area contributed by atoms with Crippen LogP contribution in [0.5, 0.6) is 0 Å². The smallest absolute Gasteiger partial charge is 0.339 e. The SMILES string of the molecule is CC(=O)c1ccc(-n2nc(C)c(C(=O)O)c2C)cc1. The van der Waals surface area contributed by atoms with Gasteiger partial charge in [0.2, 0.25) is 0 Å². The van der Waals surface area contributed by atoms with Crippen molar-refractivity contribution in [3.05, 3.63) is 46.8 Å². The number of aromatic carboxylic acids is 1. The lowest BCUT2D eigenvalue weighted by Crippen LogP contribution is -2.03. The summed E-state index contributed by atoms with van der Waals surface area (Å²) in [6.07, 6.45) is 0. The minimum absolute atomic E-state index is 0.00820. The minimum Gasteiger partial charge on any atom is -0.478 e. The van der Waals surface area contributed by atoms with Gasteiger partial charge in [-0.2, -0.15) is 5.10 Å². The van der Waals surface area contributed by atoms with Crippen LogP contribution in [0.4, 0.5) is 0 Å². The number of rotatable bonds is 3. The molecule has 0 unspecified atom stereocenters. The normalized spacial score (nSPS) is 10.5. The summed E-state index contributed by atoms with van der Waals surface area (Å²) < 4.78 is 1.57. The van der Waals surface area contributed by atoms with Crippen LogP contribution >= 0.6 is 0 Å². The lowest BCUT2D eigenvalue weighted by Gasteiger charge is -2.05. The first-order valence-corrected chi connectivity index (χ1v) is 5.82. The van der Waals surface area contributed by atoms with Gasteiger partial charge in [0, 0.05) is 5.56 Å². The zero-order valence-electron chi connectivity index (χ0n) is 11.0. The Labute approximate surface area is 110 Å². The number of ketones is 1. The second-order valence-electron chi connectivity index (χ2n) is 4.37. The van der Waals surface area contributed by atoms with E-state index in [4.69, 9.17) is 5.11 Å². The van der Waals surface area contributed by atoms with Crippen LogP contribution in [0.25, 0.3) is 5.69 Å². The molecule has 0 spiro atoms. The molecule has 0 atom stereocenters. The molecule has 0 bridgehead atoms. The number of carbonyl (C=O) groups excluding carboxylic acids is 1. The Kier molecular flexibility index (Phi) is 3.21. The summed E-state index contributed by atoms with van der Waals surface area (Å²) >= 11 is 0. The molecule has 0 aliphatic rings. The van der Waals surface area contributed by atoms with Crippen LogP contribution in [0.15, 0.2) is 24.3 Å². The van der Waals surface area contributed by atoms with Gasteiger partial charge in [0.05, 0.1) is 17.1 Å². The summed E-state index contributed by atoms with van der Waals surface area (Å²) in [6.45, 7) is 4.88. The number of Topliss-reactive ketones (excluding diaryl/α,β-unsaturated/α-hetero) is 1. The third kappa shape index (κ3) is 2.27. The van der Waals surface area contributed by atoms with E-state index in [0.717, 1.165) is 5.69 Å². The Morgan fingerprint density at radius 1 is 1.16 bits per heavy atom. The summed E-state index contributed by atoms with van der Waals surface area (Å²) in [5.41, 5.74) is 2.61. The van der Waals surface area contributed by atoms with Gasteiger partial charge >= 0.3 is 5.97 Å². The van der Waals surface area contributed by atoms with Gasteiger partial charge < -0.3 is 5.11 Å². The van der Waals surface area contributed by atoms with E-state index in [0.29, 0.717) is 17.0 Å². The van der Waals surface area contributed by atoms with Crippen molar-refractivity contribution in [3.8, 4) is 5.69 Å². The van der Waals surface area contributed by atoms with Gasteiger partial charge in [-0.1, -0.05) is 0 Å². The van der Waals surface area contributed by atoms with E-state index in [-0.39, 0.29) is 11.3 Å². The maximum Gasteiger partial charge on any atom is 0.339 e. The van der Waals surface area contributed by atoms with Gasteiger partial charge in [-0.15, -0.1) is 0 Å². The molecule has 98 valence electrons. The van der Waals surface area contributed by atoms with E-state index in [9.17, 15) is 9.59 Å². The summed E-state index contributed by atoms with van der Waals surface area (Å²) in [5.74, 6) is -0.993. The Hall–Kier alpha value is -2.43. The second-order valence-corrected chi connectivity index (χ2v) is 4.37. The third-order valence-corrected chi connectivity index (χ3v) is 3.02. The molecule has 2 aromatic rings. The first-order valence-electron chi connectivity index (χ1n) is 5.82. The first-order chi connectivity index (χ1) is 8.91. The van der Waals surface area contributed by atoms with Crippen molar-refractivity contribution in [1.82, 2.24) is 9.78 Å². The molecule has 0 aliphatic carbocycles. The standard InChI is InChI=1S/C14H14N2O3/c1-8-13(14(18)19)9(2)16(15-8)12-6-4-11(5-7-12)10(3)17/h4-7H,1-3H3,(H,18,19). The van der Waals surface area contributed by atoms with E-state index in [1.165, 1.54) is 6.92 Å². The molecular formula is C14H14N2O3. The van der Waals surface area contributed by atoms with Gasteiger partial charge in [0.1, 0.15) is 5.56 Å². The van der Waals surface area contributed by atoms with Gasteiger partial charge in [-0.25, -0.2) is 9.48 Å². The Bertz CT molecular complexity index is 654. The van der Waals surface area contributed by atoms with Crippen molar-refractivity contribution in [2.75, 3.05) is 0 Å². The molecule has 5 nitrogen and oxygen atoms in total. The predicted molar refractivity (Wildman–Crippen MR) is 70.0 cm³/mol. The average Bonchev–Trinajstić information content (AvgIpc) is 2.65. The second kappa shape index (κ2) is 4.68. The molecule has 5 heteroatoms. The van der Waals surface area contributed by atoms with Gasteiger partial charge in [0.25, 0.3) is 0 Å². The van der Waals surface area contributed by atoms with E-state index in [1.807, 2.05) is 0 Å². The fourth-order valence-corrected chi connectivity index (χ4v) is 2.04. The number of carboxylic acid groups (broad SMARTS) is 1. The molecule has 1 heterocycles. The zero-order chi connectivity index (χ0) is 14.2. The Balaban J connectivity index is 2.51. The maximum atomic E-state index is 11.2. The first kappa shape index (κ1) is 13.0. The molecule has 0 saturated heterocycles. The van der Waals surface area contributed by atoms with E-state index < -0.39 is 5.97 Å². The highest BCUT2D eigenvalue weighted by Gasteiger charge is 2.18. The van der Waals surface area contributed by atoms with Crippen LogP contribution in [0.2, 0.25) is 0 Å². The topological polar surface area (TPSA) is 72.2 Å². The molecular weight excluding hydrogens is 244 g/mol. The molecule has 1 aromatic heterocycles. The van der Waals surface area contributed by atoms with E-state index in [2.05, 4.69) is 5.10 Å². The number of hydrogen-bond donors (Lipinski definition) is 1. The molecule has 2 rings (SSSR count). The predicted octanol–water partition coefficient (Wildman–Crippen LogP) is 2.39. The van der Waals surface area contributed by atoms with Gasteiger partial charge in [0.15, 0.2) is 5.78 Å². The number of carbonyl (C=O) groups is 2. The van der Waals surface area contributed by atoms with Gasteiger partial charge in [-0.05, 0) is 45.0 Å². The quantitative estimate of drug-likeness (QED) is 0.858. The van der Waals surface area contributed by atoms with Crippen LogP contribution in [-0.4, -0.2) is 26.6 Å². The van der Waals surface area contributed by atoms with Crippen molar-refractivity contribution < 1.29 is 14.7 Å². The zero-order valence-corrected chi connectivity index (χ0v) is 11.0. The fraction of sp³-hybridized carbons (Fsp3) is 0.214. The summed E-state index contributed by atoms with van der Waals surface area (Å²) in [7, 11) is 0. The Morgan fingerprint density at radius 3 is 2.16 bits per heavy atom. The molecule has 0 saturated carbocycles. The van der Waals surface area contributed by atoms with Crippen molar-refractivity contribution >= 4 is 11.8 Å². The van der Waals surface area contributed by atoms with Crippen molar-refractivity contribution in [3.63, 3.8) is 0 Å². The number of benzene rings is 1. The molecule has 0 fully saturated rings. The number of aromatic nitrogens is 2. The summed E-state index contributed by atoms with van der Waals surface area (Å²) in [4.78, 5) is 22.3. The number of aryl methyl sites for hydroxylation is 1. The average molecular weight is 258 g/mol. The number of carboxylic acids is 1. The van der Waals surface area contributed by atoms with Crippen LogP contribution in [-0.2, 0) is 0 Å². The minimum atomic E-state index is -0.985. The third-order valence-electron chi connectivity index (χ3n) is 3.02. The summed E-state index contributed by atoms with van der Waals surface area (Å²) in [6, 6.07) is 6.91. The molecule has 19 heavy (non-hydrogen) atoms. The lowest BCUT2D eigenvalue weighted by molar-refractivity contribution is 0.0695. The van der Waals surface area contributed by atoms with Crippen LogP contribution in [0.3, 0.4) is 0 Å². The molecule has 0 aliphatic heterocycles. The van der Waals surface area contributed by atoms with Crippen molar-refractivity contribution in [2.24, 2.45) is 0 Å². The highest BCUT2D eigenvalue weighted by Crippen LogP contribution is 2.18. The molecule has 1 aromatic carbocycles. The monoisotopic (exact) mass is 258 g/mol. The highest BCUT2D eigenvalue weighted by molar-refractivity contribution is 5.94. The largest absolute Gasteiger partial charge is 0.478 e. The molecule has 0 radical (unpaired) electrons. The van der Waals surface area contributed by atoms with E-state index >= 15 is 0 Å². The van der Waals surface area contributed by atoms with Gasteiger partial charge in [-0.3, -0.25) is 4.79 Å². The summed E-state index contributed by atoms with van der Waals surface area (Å²) in [5, 5.41) is 13.4. The number of hydrogen-bond acceptors (Lipinski definition) is 3. The van der Waals surface area contributed by atoms with Crippen LogP contribution in [0.1, 0.15) is 39.0 Å². The maximum absolute atomic E-state index is 11.2. The molecule has 1 N–H and O–H groups in total. The fourth-order valence-electron chi connectivity index (χ4n) is 2.04. The van der Waals surface area contributed by atoms with Crippen molar-refractivity contribution in [1.29, 1.82) is 0 Å². The lowest BCUT2D eigenvalue weighted by atomic mass is 10.1. The number of nitrogens with zero attached hydrogens (tertiary/aromatic N) is 2. The van der Waals surface area contributed by atoms with Crippen molar-refractivity contribution in [2.45, 2.75) is 20.8 Å².